The molecule has 0 aliphatic heterocycles. The Labute approximate surface area is 149 Å². The number of para-hydroxylation sites is 1. The minimum atomic E-state index is -3.04. The molecule has 3 aromatic rings. The molecular weight excluding hydrogens is 340 g/mol. The third-order valence-corrected chi connectivity index (χ3v) is 3.61. The van der Waals surface area contributed by atoms with E-state index < -0.39 is 18.7 Å². The van der Waals surface area contributed by atoms with Gasteiger partial charge in [0.15, 0.2) is 6.10 Å². The molecule has 1 atom stereocenters. The van der Waals surface area contributed by atoms with E-state index in [1.807, 2.05) is 18.2 Å². The molecule has 0 fully saturated rings. The number of benzene rings is 2. The summed E-state index contributed by atoms with van der Waals surface area (Å²) in [5.41, 5.74) is 1.16. The average Bonchev–Trinajstić information content (AvgIpc) is 2.67. The maximum Gasteiger partial charge on any atom is 0.387 e. The quantitative estimate of drug-likeness (QED) is 0.605. The van der Waals surface area contributed by atoms with Crippen LogP contribution in [0.5, 0.6) is 5.75 Å². The fourth-order valence-corrected chi connectivity index (χ4v) is 2.46. The lowest BCUT2D eigenvalue weighted by Crippen LogP contribution is -2.15. The average molecular weight is 355 g/mol. The van der Waals surface area contributed by atoms with Crippen molar-refractivity contribution >= 4 is 5.97 Å². The summed E-state index contributed by atoms with van der Waals surface area (Å²) in [6.45, 7) is -3.04. The van der Waals surface area contributed by atoms with Crippen LogP contribution >= 0.6 is 0 Å². The molecule has 0 spiro atoms. The molecule has 0 radical (unpaired) electrons. The zero-order valence-corrected chi connectivity index (χ0v) is 13.6. The van der Waals surface area contributed by atoms with Crippen molar-refractivity contribution in [1.29, 1.82) is 0 Å². The highest BCUT2D eigenvalue weighted by Gasteiger charge is 2.23. The van der Waals surface area contributed by atoms with Crippen molar-refractivity contribution in [3.05, 3.63) is 95.8 Å². The Kier molecular flexibility index (Phi) is 5.53. The van der Waals surface area contributed by atoms with Crippen LogP contribution in [0, 0.1) is 0 Å². The van der Waals surface area contributed by atoms with Crippen molar-refractivity contribution in [2.75, 3.05) is 0 Å². The second-order valence-corrected chi connectivity index (χ2v) is 5.33. The van der Waals surface area contributed by atoms with Crippen LogP contribution in [0.4, 0.5) is 8.78 Å². The van der Waals surface area contributed by atoms with Gasteiger partial charge in [0, 0.05) is 6.20 Å². The fourth-order valence-electron chi connectivity index (χ4n) is 2.46. The minimum absolute atomic E-state index is 0.0790. The van der Waals surface area contributed by atoms with Gasteiger partial charge in [0.1, 0.15) is 11.3 Å². The minimum Gasteiger partial charge on any atom is -0.447 e. The summed E-state index contributed by atoms with van der Waals surface area (Å²) >= 11 is 0. The summed E-state index contributed by atoms with van der Waals surface area (Å²) in [6, 6.07) is 20.0. The number of esters is 1. The van der Waals surface area contributed by atoms with Gasteiger partial charge in [-0.05, 0) is 29.8 Å². The molecule has 0 saturated carbocycles. The normalized spacial score (nSPS) is 11.8. The molecule has 0 N–H and O–H groups in total. The van der Waals surface area contributed by atoms with Crippen molar-refractivity contribution in [3.63, 3.8) is 0 Å². The Morgan fingerprint density at radius 3 is 2.27 bits per heavy atom. The van der Waals surface area contributed by atoms with Gasteiger partial charge in [-0.2, -0.15) is 8.78 Å². The standard InChI is InChI=1S/C20H15F2NO3/c21-20(22)25-17-12-5-4-10-15(17)19(24)26-18(14-8-2-1-3-9-14)16-11-6-7-13-23-16/h1-13,18,20H. The maximum absolute atomic E-state index is 12.6. The highest BCUT2D eigenvalue weighted by Crippen LogP contribution is 2.28. The Morgan fingerprint density at radius 1 is 0.885 bits per heavy atom. The van der Waals surface area contributed by atoms with Crippen LogP contribution in [0.1, 0.15) is 27.7 Å². The molecule has 1 aromatic heterocycles. The lowest BCUT2D eigenvalue weighted by Gasteiger charge is -2.19. The van der Waals surface area contributed by atoms with Crippen molar-refractivity contribution < 1.29 is 23.0 Å². The number of rotatable bonds is 6. The number of ether oxygens (including phenoxy) is 2. The van der Waals surface area contributed by atoms with E-state index in [2.05, 4.69) is 9.72 Å². The van der Waals surface area contributed by atoms with Crippen molar-refractivity contribution in [1.82, 2.24) is 4.98 Å². The van der Waals surface area contributed by atoms with Gasteiger partial charge in [0.25, 0.3) is 0 Å². The molecule has 4 nitrogen and oxygen atoms in total. The molecule has 0 aliphatic carbocycles. The van der Waals surface area contributed by atoms with Gasteiger partial charge >= 0.3 is 12.6 Å². The molecule has 132 valence electrons. The number of carbonyl (C=O) groups excluding carboxylic acids is 1. The molecule has 26 heavy (non-hydrogen) atoms. The van der Waals surface area contributed by atoms with Gasteiger partial charge in [-0.1, -0.05) is 48.5 Å². The molecule has 0 aliphatic rings. The summed E-state index contributed by atoms with van der Waals surface area (Å²) in [5, 5.41) is 0. The molecule has 6 heteroatoms. The molecule has 0 amide bonds. The monoisotopic (exact) mass is 355 g/mol. The topological polar surface area (TPSA) is 48.4 Å². The number of carbonyl (C=O) groups is 1. The number of hydrogen-bond donors (Lipinski definition) is 0. The van der Waals surface area contributed by atoms with E-state index in [1.54, 1.807) is 42.6 Å². The van der Waals surface area contributed by atoms with E-state index in [0.717, 1.165) is 0 Å². The van der Waals surface area contributed by atoms with Crippen LogP contribution in [0.25, 0.3) is 0 Å². The summed E-state index contributed by atoms with van der Waals surface area (Å²) in [7, 11) is 0. The van der Waals surface area contributed by atoms with Crippen LogP contribution in [0.3, 0.4) is 0 Å². The Balaban J connectivity index is 1.92. The SMILES string of the molecule is O=C(OC(c1ccccc1)c1ccccn1)c1ccccc1OC(F)F. The predicted octanol–water partition coefficient (Wildman–Crippen LogP) is 4.63. The van der Waals surface area contributed by atoms with E-state index in [4.69, 9.17) is 4.74 Å². The lowest BCUT2D eigenvalue weighted by molar-refractivity contribution is -0.0505. The van der Waals surface area contributed by atoms with E-state index in [9.17, 15) is 13.6 Å². The molecule has 3 rings (SSSR count). The van der Waals surface area contributed by atoms with Crippen LogP contribution in [-0.2, 0) is 4.74 Å². The van der Waals surface area contributed by atoms with Gasteiger partial charge < -0.3 is 9.47 Å². The third kappa shape index (κ3) is 4.22. The third-order valence-electron chi connectivity index (χ3n) is 3.61. The number of pyridine rings is 1. The largest absolute Gasteiger partial charge is 0.447 e. The first-order chi connectivity index (χ1) is 12.6. The van der Waals surface area contributed by atoms with Gasteiger partial charge in [0.2, 0.25) is 0 Å². The van der Waals surface area contributed by atoms with Crippen LogP contribution < -0.4 is 4.74 Å². The van der Waals surface area contributed by atoms with Crippen LogP contribution in [0.15, 0.2) is 79.0 Å². The van der Waals surface area contributed by atoms with Crippen LogP contribution in [0.2, 0.25) is 0 Å². The van der Waals surface area contributed by atoms with E-state index >= 15 is 0 Å². The fraction of sp³-hybridized carbons (Fsp3) is 0.100. The first kappa shape index (κ1) is 17.5. The maximum atomic E-state index is 12.6. The highest BCUT2D eigenvalue weighted by molar-refractivity contribution is 5.92. The Bertz CT molecular complexity index is 818. The molecule has 1 unspecified atom stereocenters. The van der Waals surface area contributed by atoms with Gasteiger partial charge in [-0.15, -0.1) is 0 Å². The number of nitrogens with zero attached hydrogens (tertiary/aromatic N) is 1. The summed E-state index contributed by atoms with van der Waals surface area (Å²) < 4.78 is 35.2. The van der Waals surface area contributed by atoms with Gasteiger partial charge in [0.05, 0.1) is 5.69 Å². The second kappa shape index (κ2) is 8.20. The molecule has 2 aromatic carbocycles. The lowest BCUT2D eigenvalue weighted by atomic mass is 10.1. The molecule has 1 heterocycles. The van der Waals surface area contributed by atoms with E-state index in [0.29, 0.717) is 11.3 Å². The predicted molar refractivity (Wildman–Crippen MR) is 91.0 cm³/mol. The number of alkyl halides is 2. The number of aromatic nitrogens is 1. The van der Waals surface area contributed by atoms with Crippen molar-refractivity contribution in [3.8, 4) is 5.75 Å². The molecule has 0 saturated heterocycles. The first-order valence-electron chi connectivity index (χ1n) is 7.86. The molecular formula is C20H15F2NO3. The number of halogens is 2. The van der Waals surface area contributed by atoms with Crippen molar-refractivity contribution in [2.45, 2.75) is 12.7 Å². The summed E-state index contributed by atoms with van der Waals surface area (Å²) in [6.07, 6.45) is 0.817. The van der Waals surface area contributed by atoms with Gasteiger partial charge in [-0.3, -0.25) is 4.98 Å². The highest BCUT2D eigenvalue weighted by atomic mass is 19.3. The van der Waals surface area contributed by atoms with Crippen LogP contribution in [-0.4, -0.2) is 17.6 Å². The smallest absolute Gasteiger partial charge is 0.387 e. The molecule has 0 bridgehead atoms. The second-order valence-electron chi connectivity index (χ2n) is 5.33. The Hall–Kier alpha value is -3.28. The zero-order chi connectivity index (χ0) is 18.4. The van der Waals surface area contributed by atoms with E-state index in [1.165, 1.54) is 18.2 Å². The zero-order valence-electron chi connectivity index (χ0n) is 13.6. The van der Waals surface area contributed by atoms with Gasteiger partial charge in [-0.25, -0.2) is 4.79 Å². The van der Waals surface area contributed by atoms with E-state index in [-0.39, 0.29) is 11.3 Å². The first-order valence-corrected chi connectivity index (χ1v) is 7.86. The summed E-state index contributed by atoms with van der Waals surface area (Å²) in [4.78, 5) is 16.9. The summed E-state index contributed by atoms with van der Waals surface area (Å²) in [5.74, 6) is -1.01. The Morgan fingerprint density at radius 2 is 1.58 bits per heavy atom. The number of hydrogen-bond acceptors (Lipinski definition) is 4. The van der Waals surface area contributed by atoms with Crippen molar-refractivity contribution in [2.24, 2.45) is 0 Å².